The molecule has 14 aromatic rings. The van der Waals surface area contributed by atoms with E-state index in [1.807, 2.05) is 29.5 Å². The van der Waals surface area contributed by atoms with E-state index in [4.69, 9.17) is 9.97 Å². The van der Waals surface area contributed by atoms with Gasteiger partial charge in [0.25, 0.3) is 0 Å². The van der Waals surface area contributed by atoms with Crippen molar-refractivity contribution in [3.8, 4) is 61.6 Å². The van der Waals surface area contributed by atoms with E-state index in [9.17, 15) is 0 Å². The van der Waals surface area contributed by atoms with Gasteiger partial charge in [0.15, 0.2) is 0 Å². The largest absolute Gasteiger partial charge is 0.309 e. The molecule has 3 aromatic heterocycles. The fraction of sp³-hybridized carbons (Fsp3) is 0. The van der Waals surface area contributed by atoms with E-state index in [1.165, 1.54) is 91.3 Å². The summed E-state index contributed by atoms with van der Waals surface area (Å²) < 4.78 is 5.09. The van der Waals surface area contributed by atoms with Crippen LogP contribution in [0.15, 0.2) is 237 Å². The second-order valence-corrected chi connectivity index (χ2v) is 18.8. The molecule has 0 saturated carbocycles. The highest BCUT2D eigenvalue weighted by Gasteiger charge is 2.21. The predicted octanol–water partition coefficient (Wildman–Crippen LogP) is 17.7. The molecule has 0 aliphatic heterocycles. The van der Waals surface area contributed by atoms with Crippen LogP contribution in [0.3, 0.4) is 0 Å². The van der Waals surface area contributed by atoms with Crippen LogP contribution in [-0.2, 0) is 0 Å². The third kappa shape index (κ3) is 6.19. The van der Waals surface area contributed by atoms with E-state index in [1.54, 1.807) is 0 Å². The molecule has 0 fully saturated rings. The van der Waals surface area contributed by atoms with E-state index >= 15 is 0 Å². The Morgan fingerprint density at radius 2 is 0.853 bits per heavy atom. The molecule has 3 heterocycles. The van der Waals surface area contributed by atoms with Crippen molar-refractivity contribution in [3.05, 3.63) is 237 Å². The third-order valence-corrected chi connectivity index (χ3v) is 14.9. The van der Waals surface area contributed by atoms with Gasteiger partial charge in [0.1, 0.15) is 0 Å². The number of para-hydroxylation sites is 2. The van der Waals surface area contributed by atoms with Crippen molar-refractivity contribution in [1.82, 2.24) is 14.5 Å². The minimum Gasteiger partial charge on any atom is -0.309 e. The molecule has 0 atom stereocenters. The lowest BCUT2D eigenvalue weighted by atomic mass is 9.93. The lowest BCUT2D eigenvalue weighted by Gasteiger charge is -2.14. The number of rotatable bonds is 6. The summed E-state index contributed by atoms with van der Waals surface area (Å²) in [6, 6.07) is 85.7. The Bertz CT molecular complexity index is 4300. The zero-order valence-corrected chi connectivity index (χ0v) is 37.6. The van der Waals surface area contributed by atoms with Crippen LogP contribution >= 0.6 is 11.3 Å². The maximum atomic E-state index is 5.32. The fourth-order valence-corrected chi connectivity index (χ4v) is 11.6. The minimum absolute atomic E-state index is 0.854. The van der Waals surface area contributed by atoms with Crippen LogP contribution in [0.1, 0.15) is 0 Å². The summed E-state index contributed by atoms with van der Waals surface area (Å²) >= 11 is 1.86. The molecule has 3 nitrogen and oxygen atoms in total. The van der Waals surface area contributed by atoms with Crippen LogP contribution < -0.4 is 0 Å². The lowest BCUT2D eigenvalue weighted by Crippen LogP contribution is -1.97. The fourth-order valence-electron chi connectivity index (χ4n) is 10.5. The van der Waals surface area contributed by atoms with Crippen LogP contribution in [0, 0.1) is 0 Å². The maximum Gasteiger partial charge on any atom is 0.0973 e. The molecule has 11 aromatic carbocycles. The average molecular weight is 882 g/mol. The molecule has 0 radical (unpaired) electrons. The molecule has 0 aliphatic rings. The van der Waals surface area contributed by atoms with Crippen molar-refractivity contribution in [1.29, 1.82) is 0 Å². The highest BCUT2D eigenvalue weighted by Crippen LogP contribution is 2.45. The lowest BCUT2D eigenvalue weighted by molar-refractivity contribution is 1.18. The van der Waals surface area contributed by atoms with Gasteiger partial charge in [0.2, 0.25) is 0 Å². The van der Waals surface area contributed by atoms with Gasteiger partial charge in [-0.3, -0.25) is 0 Å². The van der Waals surface area contributed by atoms with Crippen LogP contribution in [0.4, 0.5) is 0 Å². The Morgan fingerprint density at radius 3 is 1.60 bits per heavy atom. The summed E-state index contributed by atoms with van der Waals surface area (Å²) in [7, 11) is 0. The third-order valence-electron chi connectivity index (χ3n) is 13.8. The monoisotopic (exact) mass is 881 g/mol. The van der Waals surface area contributed by atoms with E-state index < -0.39 is 0 Å². The molecule has 4 heteroatoms. The Balaban J connectivity index is 0.932. The molecule has 14 rings (SSSR count). The normalized spacial score (nSPS) is 11.8. The highest BCUT2D eigenvalue weighted by atomic mass is 32.1. The van der Waals surface area contributed by atoms with Crippen LogP contribution in [0.5, 0.6) is 0 Å². The first-order valence-electron chi connectivity index (χ1n) is 23.1. The number of hydrogen-bond donors (Lipinski definition) is 0. The van der Waals surface area contributed by atoms with Crippen LogP contribution in [-0.4, -0.2) is 14.5 Å². The van der Waals surface area contributed by atoms with Crippen molar-refractivity contribution in [2.24, 2.45) is 0 Å². The molecule has 0 aliphatic carbocycles. The van der Waals surface area contributed by atoms with Crippen molar-refractivity contribution >= 4 is 85.9 Å². The van der Waals surface area contributed by atoms with Gasteiger partial charge in [-0.2, -0.15) is 0 Å². The second-order valence-electron chi connectivity index (χ2n) is 17.7. The van der Waals surface area contributed by atoms with Gasteiger partial charge in [0, 0.05) is 47.8 Å². The van der Waals surface area contributed by atoms with Crippen molar-refractivity contribution in [2.45, 2.75) is 0 Å². The second kappa shape index (κ2) is 15.5. The molecule has 0 amide bonds. The molecule has 316 valence electrons. The summed E-state index contributed by atoms with van der Waals surface area (Å²) in [6.07, 6.45) is 0. The Labute approximate surface area is 396 Å². The van der Waals surface area contributed by atoms with E-state index in [-0.39, 0.29) is 0 Å². The van der Waals surface area contributed by atoms with Gasteiger partial charge in [-0.25, -0.2) is 9.97 Å². The van der Waals surface area contributed by atoms with E-state index in [2.05, 4.69) is 223 Å². The molecule has 68 heavy (non-hydrogen) atoms. The molecular formula is C64H39N3S. The zero-order valence-electron chi connectivity index (χ0n) is 36.8. The summed E-state index contributed by atoms with van der Waals surface area (Å²) in [5.41, 5.74) is 16.1. The molecule has 0 spiro atoms. The molecule has 0 N–H and O–H groups in total. The van der Waals surface area contributed by atoms with Crippen LogP contribution in [0.2, 0.25) is 0 Å². The first kappa shape index (κ1) is 38.6. The topological polar surface area (TPSA) is 30.7 Å². The van der Waals surface area contributed by atoms with E-state index in [0.29, 0.717) is 0 Å². The number of fused-ring (bicyclic) bond motifs is 11. The summed E-state index contributed by atoms with van der Waals surface area (Å²) in [5.74, 6) is 0. The van der Waals surface area contributed by atoms with E-state index in [0.717, 1.165) is 44.8 Å². The van der Waals surface area contributed by atoms with Crippen molar-refractivity contribution in [2.75, 3.05) is 0 Å². The Kier molecular flexibility index (Phi) is 8.76. The maximum absolute atomic E-state index is 5.32. The summed E-state index contributed by atoms with van der Waals surface area (Å²) in [6.45, 7) is 0. The molecular weight excluding hydrogens is 843 g/mol. The van der Waals surface area contributed by atoms with Gasteiger partial charge in [-0.1, -0.05) is 176 Å². The van der Waals surface area contributed by atoms with Gasteiger partial charge in [-0.15, -0.1) is 11.3 Å². The number of hydrogen-bond acceptors (Lipinski definition) is 3. The van der Waals surface area contributed by atoms with Crippen molar-refractivity contribution < 1.29 is 0 Å². The molecule has 0 bridgehead atoms. The minimum atomic E-state index is 0.854. The van der Waals surface area contributed by atoms with Gasteiger partial charge >= 0.3 is 0 Å². The van der Waals surface area contributed by atoms with Crippen molar-refractivity contribution in [3.63, 3.8) is 0 Å². The SMILES string of the molecule is c1ccc(-c2cccc(-c3ccc(-c4nc5ccccc5nc4-c4ccc(-n5c6ccc7ccccc7c6c6c7ccccc7c(-c7ccc8sc9ccccc9c8c7)cc65)cc4)cc3)c2)cc1. The summed E-state index contributed by atoms with van der Waals surface area (Å²) in [4.78, 5) is 10.6. The van der Waals surface area contributed by atoms with Crippen LogP contribution in [0.25, 0.3) is 136 Å². The van der Waals surface area contributed by atoms with Gasteiger partial charge in [-0.05, 0) is 116 Å². The highest BCUT2D eigenvalue weighted by molar-refractivity contribution is 7.25. The predicted molar refractivity (Wildman–Crippen MR) is 289 cm³/mol. The van der Waals surface area contributed by atoms with Gasteiger partial charge in [0.05, 0.1) is 33.5 Å². The number of benzene rings is 11. The molecule has 0 unspecified atom stereocenters. The summed E-state index contributed by atoms with van der Waals surface area (Å²) in [5, 5.41) is 10.1. The van der Waals surface area contributed by atoms with Gasteiger partial charge < -0.3 is 4.57 Å². The quantitative estimate of drug-likeness (QED) is 0.167. The zero-order chi connectivity index (χ0) is 44.7. The first-order valence-corrected chi connectivity index (χ1v) is 24.0. The smallest absolute Gasteiger partial charge is 0.0973 e. The Hall–Kier alpha value is -8.70. The number of thiophene rings is 1. The standard InChI is InChI=1S/C64H39N3S/c1-2-13-40(14-3-1)45-16-12-17-46(37-45)41-25-27-43(28-26-41)63-64(66-56-23-10-9-22-55(56)65-63)44-29-33-48(34-30-44)67-57-35-31-42-15-4-5-18-49(42)61(57)62-52-21-7-6-19-50(52)53(39-58(62)67)47-32-36-60-54(38-47)51-20-8-11-24-59(51)68-60/h1-39H. The first-order chi connectivity index (χ1) is 33.7. The number of nitrogens with zero attached hydrogens (tertiary/aromatic N) is 3. The Morgan fingerprint density at radius 1 is 0.309 bits per heavy atom. The number of aromatic nitrogens is 3. The average Bonchev–Trinajstić information content (AvgIpc) is 3.96. The molecule has 0 saturated heterocycles.